The van der Waals surface area contributed by atoms with Crippen molar-refractivity contribution < 1.29 is 0 Å². The Bertz CT molecular complexity index is 419. The maximum atomic E-state index is 8.83. The topological polar surface area (TPSA) is 50.8 Å². The lowest BCUT2D eigenvalue weighted by Gasteiger charge is -2.39. The molecule has 2 rings (SSSR count). The molecule has 17 heavy (non-hydrogen) atoms. The standard InChI is InChI=1S/C14H19N3/c1-13(2)4-12-5-14(3,9-13)10-17(12)8-11(6-15)7-16/h8,12H,4-5,9-10H2,1-3H3. The maximum absolute atomic E-state index is 8.83. The van der Waals surface area contributed by atoms with E-state index in [4.69, 9.17) is 10.5 Å². The molecule has 1 aliphatic carbocycles. The highest BCUT2D eigenvalue weighted by Gasteiger charge is 2.48. The number of rotatable bonds is 1. The molecule has 0 N–H and O–H groups in total. The minimum Gasteiger partial charge on any atom is -0.372 e. The summed E-state index contributed by atoms with van der Waals surface area (Å²) in [5, 5.41) is 17.7. The highest BCUT2D eigenvalue weighted by atomic mass is 15.2. The van der Waals surface area contributed by atoms with Crippen molar-refractivity contribution in [1.29, 1.82) is 10.5 Å². The van der Waals surface area contributed by atoms with E-state index in [1.54, 1.807) is 6.20 Å². The van der Waals surface area contributed by atoms with Crippen molar-refractivity contribution in [2.24, 2.45) is 10.8 Å². The summed E-state index contributed by atoms with van der Waals surface area (Å²) >= 11 is 0. The molecule has 0 radical (unpaired) electrons. The summed E-state index contributed by atoms with van der Waals surface area (Å²) in [5.41, 5.74) is 0.942. The van der Waals surface area contributed by atoms with Crippen LogP contribution in [-0.4, -0.2) is 17.5 Å². The van der Waals surface area contributed by atoms with Gasteiger partial charge in [-0.3, -0.25) is 0 Å². The van der Waals surface area contributed by atoms with Crippen molar-refractivity contribution in [2.75, 3.05) is 6.54 Å². The minimum atomic E-state index is 0.221. The van der Waals surface area contributed by atoms with Crippen LogP contribution in [0.3, 0.4) is 0 Å². The predicted octanol–water partition coefficient (Wildman–Crippen LogP) is 2.82. The first-order valence-electron chi connectivity index (χ1n) is 6.15. The molecule has 3 nitrogen and oxygen atoms in total. The fraction of sp³-hybridized carbons (Fsp3) is 0.714. The summed E-state index contributed by atoms with van der Waals surface area (Å²) in [4.78, 5) is 2.22. The lowest BCUT2D eigenvalue weighted by molar-refractivity contribution is 0.131. The van der Waals surface area contributed by atoms with Crippen LogP contribution in [0.4, 0.5) is 0 Å². The van der Waals surface area contributed by atoms with Crippen LogP contribution in [0.5, 0.6) is 0 Å². The Kier molecular flexibility index (Phi) is 2.66. The van der Waals surface area contributed by atoms with E-state index in [2.05, 4.69) is 25.7 Å². The number of nitriles is 2. The average Bonchev–Trinajstić information content (AvgIpc) is 2.43. The second-order valence-electron chi connectivity index (χ2n) is 6.65. The molecule has 2 fully saturated rings. The second kappa shape index (κ2) is 3.77. The summed E-state index contributed by atoms with van der Waals surface area (Å²) in [6, 6.07) is 4.40. The van der Waals surface area contributed by atoms with E-state index >= 15 is 0 Å². The van der Waals surface area contributed by atoms with Gasteiger partial charge < -0.3 is 4.90 Å². The van der Waals surface area contributed by atoms with Crippen molar-refractivity contribution in [3.63, 3.8) is 0 Å². The van der Waals surface area contributed by atoms with Crippen molar-refractivity contribution in [2.45, 2.75) is 46.1 Å². The number of likely N-dealkylation sites (tertiary alicyclic amines) is 1. The zero-order chi connectivity index (χ0) is 12.7. The average molecular weight is 229 g/mol. The van der Waals surface area contributed by atoms with Gasteiger partial charge in [0, 0.05) is 18.8 Å². The van der Waals surface area contributed by atoms with Crippen LogP contribution in [0.15, 0.2) is 11.8 Å². The molecule has 3 heteroatoms. The van der Waals surface area contributed by atoms with Gasteiger partial charge in [0.25, 0.3) is 0 Å². The molecule has 90 valence electrons. The van der Waals surface area contributed by atoms with Gasteiger partial charge in [-0.25, -0.2) is 0 Å². The largest absolute Gasteiger partial charge is 0.372 e. The Hall–Kier alpha value is -1.48. The molecule has 0 spiro atoms. The number of hydrogen-bond donors (Lipinski definition) is 0. The predicted molar refractivity (Wildman–Crippen MR) is 65.5 cm³/mol. The monoisotopic (exact) mass is 229 g/mol. The zero-order valence-electron chi connectivity index (χ0n) is 10.8. The maximum Gasteiger partial charge on any atom is 0.145 e. The number of nitrogens with zero attached hydrogens (tertiary/aromatic N) is 3. The van der Waals surface area contributed by atoms with Gasteiger partial charge >= 0.3 is 0 Å². The van der Waals surface area contributed by atoms with Gasteiger partial charge in [0.1, 0.15) is 17.7 Å². The number of hydrogen-bond acceptors (Lipinski definition) is 3. The van der Waals surface area contributed by atoms with Gasteiger partial charge in [-0.2, -0.15) is 10.5 Å². The van der Waals surface area contributed by atoms with Gasteiger partial charge in [-0.15, -0.1) is 0 Å². The lowest BCUT2D eigenvalue weighted by atomic mass is 9.65. The highest BCUT2D eigenvalue weighted by Crippen LogP contribution is 2.52. The Morgan fingerprint density at radius 2 is 1.88 bits per heavy atom. The molecule has 0 aromatic carbocycles. The fourth-order valence-corrected chi connectivity index (χ4v) is 3.90. The summed E-state index contributed by atoms with van der Waals surface area (Å²) in [6.07, 6.45) is 5.34. The molecule has 1 saturated carbocycles. The van der Waals surface area contributed by atoms with Crippen LogP contribution in [0, 0.1) is 33.5 Å². The quantitative estimate of drug-likeness (QED) is 0.650. The van der Waals surface area contributed by atoms with E-state index in [9.17, 15) is 0 Å². The summed E-state index contributed by atoms with van der Waals surface area (Å²) in [5.74, 6) is 0. The van der Waals surface area contributed by atoms with Crippen LogP contribution in [-0.2, 0) is 0 Å². The Labute approximate surface area is 103 Å². The van der Waals surface area contributed by atoms with E-state index in [0.717, 1.165) is 13.0 Å². The van der Waals surface area contributed by atoms with Crippen molar-refractivity contribution in [3.05, 3.63) is 11.8 Å². The summed E-state index contributed by atoms with van der Waals surface area (Å²) < 4.78 is 0. The molecule has 2 aliphatic rings. The smallest absolute Gasteiger partial charge is 0.145 e. The first kappa shape index (κ1) is 12.0. The third-order valence-electron chi connectivity index (χ3n) is 3.99. The molecule has 1 aliphatic heterocycles. The molecule has 1 saturated heterocycles. The second-order valence-corrected chi connectivity index (χ2v) is 6.65. The first-order valence-corrected chi connectivity index (χ1v) is 6.15. The highest BCUT2D eigenvalue weighted by molar-refractivity contribution is 5.35. The fourth-order valence-electron chi connectivity index (χ4n) is 3.90. The van der Waals surface area contributed by atoms with E-state index < -0.39 is 0 Å². The molecular weight excluding hydrogens is 210 g/mol. The van der Waals surface area contributed by atoms with E-state index in [0.29, 0.717) is 16.9 Å². The van der Waals surface area contributed by atoms with E-state index in [1.807, 2.05) is 12.1 Å². The van der Waals surface area contributed by atoms with E-state index in [1.165, 1.54) is 12.8 Å². The number of fused-ring (bicyclic) bond motifs is 2. The molecule has 2 unspecified atom stereocenters. The van der Waals surface area contributed by atoms with Crippen molar-refractivity contribution >= 4 is 0 Å². The van der Waals surface area contributed by atoms with Gasteiger partial charge in [0.2, 0.25) is 0 Å². The lowest BCUT2D eigenvalue weighted by Crippen LogP contribution is -2.33. The van der Waals surface area contributed by atoms with Crippen LogP contribution in [0.2, 0.25) is 0 Å². The Morgan fingerprint density at radius 1 is 1.24 bits per heavy atom. The van der Waals surface area contributed by atoms with Crippen molar-refractivity contribution in [1.82, 2.24) is 4.90 Å². The zero-order valence-corrected chi connectivity index (χ0v) is 10.8. The summed E-state index contributed by atoms with van der Waals surface area (Å²) in [7, 11) is 0. The third-order valence-corrected chi connectivity index (χ3v) is 3.99. The van der Waals surface area contributed by atoms with Crippen LogP contribution < -0.4 is 0 Å². The normalized spacial score (nSPS) is 33.7. The molecular formula is C14H19N3. The van der Waals surface area contributed by atoms with Gasteiger partial charge in [0.15, 0.2) is 0 Å². The molecule has 2 atom stereocenters. The Balaban J connectivity index is 2.23. The molecule has 0 aromatic heterocycles. The molecule has 1 heterocycles. The van der Waals surface area contributed by atoms with Gasteiger partial charge in [-0.1, -0.05) is 20.8 Å². The molecule has 2 bridgehead atoms. The summed E-state index contributed by atoms with van der Waals surface area (Å²) in [6.45, 7) is 7.95. The van der Waals surface area contributed by atoms with Crippen LogP contribution in [0.25, 0.3) is 0 Å². The Morgan fingerprint density at radius 3 is 2.47 bits per heavy atom. The minimum absolute atomic E-state index is 0.221. The molecule has 0 aromatic rings. The number of allylic oxidation sites excluding steroid dienone is 1. The molecule has 0 amide bonds. The SMILES string of the molecule is CC1(C)CC2CC(C)(CN2C=C(C#N)C#N)C1. The van der Waals surface area contributed by atoms with Crippen LogP contribution in [0.1, 0.15) is 40.0 Å². The first-order chi connectivity index (χ1) is 7.87. The van der Waals surface area contributed by atoms with E-state index in [-0.39, 0.29) is 5.57 Å². The van der Waals surface area contributed by atoms with Crippen LogP contribution >= 0.6 is 0 Å². The third kappa shape index (κ3) is 2.29. The van der Waals surface area contributed by atoms with Gasteiger partial charge in [-0.05, 0) is 30.1 Å². The van der Waals surface area contributed by atoms with Gasteiger partial charge in [0.05, 0.1) is 0 Å². The van der Waals surface area contributed by atoms with Crippen molar-refractivity contribution in [3.8, 4) is 12.1 Å².